The van der Waals surface area contributed by atoms with Crippen LogP contribution in [0.25, 0.3) is 0 Å². The van der Waals surface area contributed by atoms with E-state index in [2.05, 4.69) is 22.5 Å². The first-order chi connectivity index (χ1) is 8.63. The SMILES string of the molecule is C=CCN1CCN(c2ccc(Br)cc2)C(=O)C1=O. The molecule has 1 saturated heterocycles. The Hall–Kier alpha value is -1.62. The number of carbonyl (C=O) groups is 2. The molecule has 0 saturated carbocycles. The first kappa shape index (κ1) is 12.8. The third-order valence-electron chi connectivity index (χ3n) is 2.80. The van der Waals surface area contributed by atoms with Crippen molar-refractivity contribution in [1.82, 2.24) is 4.90 Å². The second-order valence-electron chi connectivity index (χ2n) is 3.97. The van der Waals surface area contributed by atoms with Crippen LogP contribution in [0.2, 0.25) is 0 Å². The van der Waals surface area contributed by atoms with Crippen LogP contribution in [-0.4, -0.2) is 36.3 Å². The Kier molecular flexibility index (Phi) is 3.81. The Morgan fingerprint density at radius 3 is 2.44 bits per heavy atom. The molecule has 1 fully saturated rings. The number of piperazine rings is 1. The zero-order valence-corrected chi connectivity index (χ0v) is 11.4. The fourth-order valence-electron chi connectivity index (χ4n) is 1.87. The van der Waals surface area contributed by atoms with Crippen LogP contribution in [0.15, 0.2) is 41.4 Å². The number of carbonyl (C=O) groups excluding carboxylic acids is 2. The van der Waals surface area contributed by atoms with E-state index in [1.807, 2.05) is 24.3 Å². The monoisotopic (exact) mass is 308 g/mol. The average molecular weight is 309 g/mol. The van der Waals surface area contributed by atoms with Crippen molar-refractivity contribution in [2.45, 2.75) is 0 Å². The van der Waals surface area contributed by atoms with Gasteiger partial charge in [0.15, 0.2) is 0 Å². The predicted octanol–water partition coefficient (Wildman–Crippen LogP) is 1.81. The molecule has 0 radical (unpaired) electrons. The molecular weight excluding hydrogens is 296 g/mol. The summed E-state index contributed by atoms with van der Waals surface area (Å²) >= 11 is 3.34. The molecule has 0 atom stereocenters. The summed E-state index contributed by atoms with van der Waals surface area (Å²) in [7, 11) is 0. The van der Waals surface area contributed by atoms with Gasteiger partial charge >= 0.3 is 11.8 Å². The molecule has 0 bridgehead atoms. The maximum Gasteiger partial charge on any atom is 0.316 e. The van der Waals surface area contributed by atoms with Gasteiger partial charge in [-0.05, 0) is 24.3 Å². The Morgan fingerprint density at radius 1 is 1.17 bits per heavy atom. The van der Waals surface area contributed by atoms with Crippen LogP contribution >= 0.6 is 15.9 Å². The van der Waals surface area contributed by atoms with Crippen LogP contribution in [0.4, 0.5) is 5.69 Å². The molecule has 5 heteroatoms. The maximum absolute atomic E-state index is 12.0. The van der Waals surface area contributed by atoms with E-state index in [-0.39, 0.29) is 0 Å². The van der Waals surface area contributed by atoms with E-state index < -0.39 is 11.8 Å². The quantitative estimate of drug-likeness (QED) is 0.631. The Morgan fingerprint density at radius 2 is 1.83 bits per heavy atom. The van der Waals surface area contributed by atoms with Gasteiger partial charge in [0, 0.05) is 29.8 Å². The largest absolute Gasteiger partial charge is 0.329 e. The fourth-order valence-corrected chi connectivity index (χ4v) is 2.14. The average Bonchev–Trinajstić information content (AvgIpc) is 2.37. The summed E-state index contributed by atoms with van der Waals surface area (Å²) in [5.41, 5.74) is 0.745. The molecule has 1 aliphatic rings. The summed E-state index contributed by atoms with van der Waals surface area (Å²) in [6.45, 7) is 5.04. The van der Waals surface area contributed by atoms with Gasteiger partial charge in [0.2, 0.25) is 0 Å². The molecule has 18 heavy (non-hydrogen) atoms. The van der Waals surface area contributed by atoms with Gasteiger partial charge in [0.25, 0.3) is 0 Å². The number of benzene rings is 1. The number of nitrogens with zero attached hydrogens (tertiary/aromatic N) is 2. The highest BCUT2D eigenvalue weighted by atomic mass is 79.9. The summed E-state index contributed by atoms with van der Waals surface area (Å²) in [6, 6.07) is 7.34. The van der Waals surface area contributed by atoms with Gasteiger partial charge in [-0.2, -0.15) is 0 Å². The molecule has 0 aromatic heterocycles. The molecule has 0 N–H and O–H groups in total. The van der Waals surface area contributed by atoms with E-state index in [1.165, 1.54) is 9.80 Å². The van der Waals surface area contributed by atoms with Crippen molar-refractivity contribution in [3.05, 3.63) is 41.4 Å². The van der Waals surface area contributed by atoms with Gasteiger partial charge in [-0.25, -0.2) is 0 Å². The maximum atomic E-state index is 12.0. The van der Waals surface area contributed by atoms with Gasteiger partial charge in [-0.3, -0.25) is 9.59 Å². The van der Waals surface area contributed by atoms with Gasteiger partial charge in [-0.1, -0.05) is 22.0 Å². The van der Waals surface area contributed by atoms with E-state index in [0.29, 0.717) is 19.6 Å². The van der Waals surface area contributed by atoms with Gasteiger partial charge in [0.05, 0.1) is 0 Å². The van der Waals surface area contributed by atoms with Crippen LogP contribution in [0.1, 0.15) is 0 Å². The lowest BCUT2D eigenvalue weighted by atomic mass is 10.2. The van der Waals surface area contributed by atoms with Crippen LogP contribution < -0.4 is 4.90 Å². The van der Waals surface area contributed by atoms with Crippen LogP contribution in [0.5, 0.6) is 0 Å². The van der Waals surface area contributed by atoms with Crippen LogP contribution in [0, 0.1) is 0 Å². The molecule has 0 spiro atoms. The third-order valence-corrected chi connectivity index (χ3v) is 3.33. The predicted molar refractivity (Wildman–Crippen MR) is 73.3 cm³/mol. The summed E-state index contributed by atoms with van der Waals surface area (Å²) in [5, 5.41) is 0. The zero-order valence-electron chi connectivity index (χ0n) is 9.80. The van der Waals surface area contributed by atoms with Gasteiger partial charge in [-0.15, -0.1) is 6.58 Å². The first-order valence-electron chi connectivity index (χ1n) is 5.60. The van der Waals surface area contributed by atoms with E-state index in [1.54, 1.807) is 6.08 Å². The molecule has 0 aliphatic carbocycles. The number of amides is 2. The lowest BCUT2D eigenvalue weighted by Gasteiger charge is -2.33. The zero-order chi connectivity index (χ0) is 13.1. The van der Waals surface area contributed by atoms with Crippen molar-refractivity contribution in [2.24, 2.45) is 0 Å². The van der Waals surface area contributed by atoms with Crippen LogP contribution in [0.3, 0.4) is 0 Å². The van der Waals surface area contributed by atoms with E-state index in [9.17, 15) is 9.59 Å². The smallest absolute Gasteiger partial charge is 0.316 e. The van der Waals surface area contributed by atoms with E-state index >= 15 is 0 Å². The van der Waals surface area contributed by atoms with Gasteiger partial charge < -0.3 is 9.80 Å². The number of rotatable bonds is 3. The van der Waals surface area contributed by atoms with Crippen molar-refractivity contribution < 1.29 is 9.59 Å². The van der Waals surface area contributed by atoms with Gasteiger partial charge in [0.1, 0.15) is 0 Å². The second kappa shape index (κ2) is 5.35. The standard InChI is InChI=1S/C13H13BrN2O2/c1-2-7-15-8-9-16(13(18)12(15)17)11-5-3-10(14)4-6-11/h2-6H,1,7-9H2. The number of hydrogen-bond donors (Lipinski definition) is 0. The van der Waals surface area contributed by atoms with Crippen molar-refractivity contribution in [3.63, 3.8) is 0 Å². The molecule has 4 nitrogen and oxygen atoms in total. The Bertz CT molecular complexity index is 484. The Balaban J connectivity index is 2.17. The highest BCUT2D eigenvalue weighted by molar-refractivity contribution is 9.10. The first-order valence-corrected chi connectivity index (χ1v) is 6.40. The minimum atomic E-state index is -0.481. The topological polar surface area (TPSA) is 40.6 Å². The molecule has 1 aromatic carbocycles. The summed E-state index contributed by atoms with van der Waals surface area (Å²) in [6.07, 6.45) is 1.63. The molecule has 94 valence electrons. The normalized spacial score (nSPS) is 16.1. The lowest BCUT2D eigenvalue weighted by molar-refractivity contribution is -0.145. The van der Waals surface area contributed by atoms with E-state index in [0.717, 1.165) is 10.2 Å². The molecule has 2 amide bonds. The molecule has 1 aliphatic heterocycles. The fraction of sp³-hybridized carbons (Fsp3) is 0.231. The van der Waals surface area contributed by atoms with E-state index in [4.69, 9.17) is 0 Å². The molecule has 0 unspecified atom stereocenters. The molecular formula is C13H13BrN2O2. The number of hydrogen-bond acceptors (Lipinski definition) is 2. The summed E-state index contributed by atoms with van der Waals surface area (Å²) in [4.78, 5) is 26.8. The van der Waals surface area contributed by atoms with Crippen molar-refractivity contribution in [3.8, 4) is 0 Å². The highest BCUT2D eigenvalue weighted by Crippen LogP contribution is 2.20. The molecule has 1 heterocycles. The van der Waals surface area contributed by atoms with Crippen LogP contribution in [-0.2, 0) is 9.59 Å². The Labute approximate surface area is 114 Å². The van der Waals surface area contributed by atoms with Crippen molar-refractivity contribution in [2.75, 3.05) is 24.5 Å². The molecule has 2 rings (SSSR count). The summed E-state index contributed by atoms with van der Waals surface area (Å²) in [5.74, 6) is -0.950. The van der Waals surface area contributed by atoms with Crippen molar-refractivity contribution in [1.29, 1.82) is 0 Å². The molecule has 1 aromatic rings. The second-order valence-corrected chi connectivity index (χ2v) is 4.89. The summed E-state index contributed by atoms with van der Waals surface area (Å²) < 4.78 is 0.940. The minimum absolute atomic E-state index is 0.415. The third kappa shape index (κ3) is 2.46. The number of halogens is 1. The lowest BCUT2D eigenvalue weighted by Crippen LogP contribution is -2.54. The minimum Gasteiger partial charge on any atom is -0.329 e. The highest BCUT2D eigenvalue weighted by Gasteiger charge is 2.32. The van der Waals surface area contributed by atoms with Crippen molar-refractivity contribution >= 4 is 33.4 Å². The number of anilines is 1.